The molecule has 9 nitrogen and oxygen atoms in total. The second-order valence-electron chi connectivity index (χ2n) is 12.4. The number of unbranched alkanes of at least 4 members (excludes halogenated alkanes) is 3. The van der Waals surface area contributed by atoms with Crippen LogP contribution in [0.5, 0.6) is 11.5 Å². The van der Waals surface area contributed by atoms with Gasteiger partial charge in [-0.3, -0.25) is 14.4 Å². The molecule has 3 aliphatic heterocycles. The van der Waals surface area contributed by atoms with E-state index in [0.717, 1.165) is 12.8 Å². The van der Waals surface area contributed by atoms with E-state index in [2.05, 4.69) is 29.1 Å². The lowest BCUT2D eigenvalue weighted by Crippen LogP contribution is -2.56. The molecule has 0 radical (unpaired) electrons. The fourth-order valence-corrected chi connectivity index (χ4v) is 11.2. The van der Waals surface area contributed by atoms with Crippen molar-refractivity contribution in [3.63, 3.8) is 0 Å². The maximum atomic E-state index is 14.9. The number of halogens is 1. The number of methoxy groups -OCH3 is 1. The topological polar surface area (TPSA) is 99.6 Å². The molecule has 0 aromatic heterocycles. The largest absolute Gasteiger partial charge is 0.497 e. The molecule has 3 heterocycles. The quantitative estimate of drug-likeness (QED) is 0.124. The molecule has 1 spiro atoms. The number of likely N-dealkylation sites (tertiary alicyclic amines) is 1. The zero-order valence-electron chi connectivity index (χ0n) is 27.8. The van der Waals surface area contributed by atoms with Crippen LogP contribution in [0.3, 0.4) is 0 Å². The van der Waals surface area contributed by atoms with E-state index in [0.29, 0.717) is 55.3 Å². The van der Waals surface area contributed by atoms with Gasteiger partial charge in [0.15, 0.2) is 0 Å². The van der Waals surface area contributed by atoms with Crippen LogP contribution < -0.4 is 19.3 Å². The molecule has 48 heavy (non-hydrogen) atoms. The number of hydrogen-bond donors (Lipinski definition) is 1. The molecule has 5 rings (SSSR count). The van der Waals surface area contributed by atoms with Gasteiger partial charge in [-0.25, -0.2) is 0 Å². The number of thioether (sulfide) groups is 1. The van der Waals surface area contributed by atoms with Crippen molar-refractivity contribution < 1.29 is 29.0 Å². The molecule has 3 amide bonds. The lowest BCUT2D eigenvalue weighted by Gasteiger charge is -2.38. The van der Waals surface area contributed by atoms with Gasteiger partial charge in [0, 0.05) is 47.7 Å². The van der Waals surface area contributed by atoms with Gasteiger partial charge in [0.2, 0.25) is 11.8 Å². The van der Waals surface area contributed by atoms with Crippen LogP contribution in [0.1, 0.15) is 39.0 Å². The SMILES string of the molecule is C=CCN(C(=O)C1N(CCCCCCO)C(=O)[C@@H]2[C@H](C(=O)N(CC=C)c3ccc(OCC)cc3)[C@H]3SC12CC3Br)c1ccc(OC)cc1. The number of alkyl halides is 1. The summed E-state index contributed by atoms with van der Waals surface area (Å²) in [6.07, 6.45) is 7.02. The Kier molecular flexibility index (Phi) is 12.0. The third-order valence-corrected chi connectivity index (χ3v) is 12.8. The van der Waals surface area contributed by atoms with E-state index in [1.165, 1.54) is 0 Å². The van der Waals surface area contributed by atoms with E-state index in [9.17, 15) is 19.5 Å². The number of rotatable bonds is 17. The third-order valence-electron chi connectivity index (χ3n) is 9.61. The number of carbonyl (C=O) groups is 3. The molecule has 3 unspecified atom stereocenters. The number of anilines is 2. The van der Waals surface area contributed by atoms with Crippen molar-refractivity contribution in [2.75, 3.05) is 49.8 Å². The van der Waals surface area contributed by atoms with Crippen LogP contribution in [0.25, 0.3) is 0 Å². The lowest BCUT2D eigenvalue weighted by molar-refractivity contribution is -0.139. The van der Waals surface area contributed by atoms with Gasteiger partial charge in [0.05, 0.1) is 30.3 Å². The minimum Gasteiger partial charge on any atom is -0.497 e. The number of hydrogen-bond acceptors (Lipinski definition) is 7. The molecule has 3 fully saturated rings. The van der Waals surface area contributed by atoms with Gasteiger partial charge >= 0.3 is 0 Å². The maximum Gasteiger partial charge on any atom is 0.251 e. The molecule has 3 aliphatic rings. The van der Waals surface area contributed by atoms with Crippen molar-refractivity contribution in [1.82, 2.24) is 4.90 Å². The first-order valence-electron chi connectivity index (χ1n) is 16.7. The summed E-state index contributed by atoms with van der Waals surface area (Å²) in [6, 6.07) is 13.9. The van der Waals surface area contributed by atoms with Crippen LogP contribution >= 0.6 is 27.7 Å². The minimum atomic E-state index is -0.789. The molecule has 6 atom stereocenters. The molecule has 0 saturated carbocycles. The first-order valence-corrected chi connectivity index (χ1v) is 18.5. The standard InChI is InChI=1S/C37H46BrN3O6S/c1-5-20-39(25-14-18-28(19-15-25)47-7-3)34(43)30-31-35(44)41(22-10-8-9-11-23-42)33(37(31)24-29(38)32(30)48-37)36(45)40(21-6-2)26-12-16-27(46-4)17-13-26/h5-6,12-19,29-33,42H,1-2,7-11,20-24H2,3-4H3/t29?,30-,31-,32-,33?,37?/m0/s1. The van der Waals surface area contributed by atoms with Gasteiger partial charge in [0.25, 0.3) is 5.91 Å². The summed E-state index contributed by atoms with van der Waals surface area (Å²) in [7, 11) is 1.60. The Morgan fingerprint density at radius 1 is 0.979 bits per heavy atom. The van der Waals surface area contributed by atoms with Gasteiger partial charge < -0.3 is 29.3 Å². The molecule has 0 aliphatic carbocycles. The average molecular weight is 741 g/mol. The molecular formula is C37H46BrN3O6S. The number of carbonyl (C=O) groups excluding carboxylic acids is 3. The fraction of sp³-hybridized carbons (Fsp3) is 0.486. The number of aliphatic hydroxyl groups is 1. The minimum absolute atomic E-state index is 0.0555. The summed E-state index contributed by atoms with van der Waals surface area (Å²) in [5.74, 6) is -0.357. The number of fused-ring (bicyclic) bond motifs is 1. The normalized spacial score (nSPS) is 25.5. The summed E-state index contributed by atoms with van der Waals surface area (Å²) in [4.78, 5) is 49.4. The van der Waals surface area contributed by atoms with E-state index in [1.54, 1.807) is 45.7 Å². The molecule has 3 saturated heterocycles. The van der Waals surface area contributed by atoms with Crippen molar-refractivity contribution in [1.29, 1.82) is 0 Å². The van der Waals surface area contributed by atoms with E-state index < -0.39 is 22.6 Å². The number of benzene rings is 2. The Hall–Kier alpha value is -3.28. The van der Waals surface area contributed by atoms with Crippen molar-refractivity contribution in [3.8, 4) is 11.5 Å². The van der Waals surface area contributed by atoms with Crippen molar-refractivity contribution in [3.05, 3.63) is 73.8 Å². The number of amides is 3. The van der Waals surface area contributed by atoms with Crippen molar-refractivity contribution in [2.24, 2.45) is 11.8 Å². The monoisotopic (exact) mass is 739 g/mol. The zero-order chi connectivity index (χ0) is 34.4. The summed E-state index contributed by atoms with van der Waals surface area (Å²) in [6.45, 7) is 11.4. The molecular weight excluding hydrogens is 694 g/mol. The van der Waals surface area contributed by atoms with Gasteiger partial charge in [-0.2, -0.15) is 0 Å². The summed E-state index contributed by atoms with van der Waals surface area (Å²) in [5, 5.41) is 9.11. The van der Waals surface area contributed by atoms with Gasteiger partial charge in [0.1, 0.15) is 17.5 Å². The van der Waals surface area contributed by atoms with Crippen LogP contribution in [0.15, 0.2) is 73.8 Å². The first kappa shape index (κ1) is 36.0. The Morgan fingerprint density at radius 2 is 1.56 bits per heavy atom. The molecule has 2 aromatic rings. The van der Waals surface area contributed by atoms with Gasteiger partial charge in [-0.1, -0.05) is 40.9 Å². The zero-order valence-corrected chi connectivity index (χ0v) is 30.2. The Morgan fingerprint density at radius 3 is 2.12 bits per heavy atom. The third kappa shape index (κ3) is 6.78. The number of nitrogens with zero attached hydrogens (tertiary/aromatic N) is 3. The molecule has 11 heteroatoms. The predicted molar refractivity (Wildman–Crippen MR) is 195 cm³/mol. The second-order valence-corrected chi connectivity index (χ2v) is 15.1. The number of aliphatic hydroxyl groups excluding tert-OH is 1. The van der Waals surface area contributed by atoms with Crippen LogP contribution in [0.4, 0.5) is 11.4 Å². The Balaban J connectivity index is 1.53. The van der Waals surface area contributed by atoms with Crippen LogP contribution in [0.2, 0.25) is 0 Å². The molecule has 2 aromatic carbocycles. The molecule has 2 bridgehead atoms. The van der Waals surface area contributed by atoms with Crippen LogP contribution in [0, 0.1) is 11.8 Å². The Labute approximate surface area is 296 Å². The second kappa shape index (κ2) is 16.0. The average Bonchev–Trinajstić information content (AvgIpc) is 3.69. The summed E-state index contributed by atoms with van der Waals surface area (Å²) >= 11 is 5.53. The fourth-order valence-electron chi connectivity index (χ4n) is 7.56. The highest BCUT2D eigenvalue weighted by Gasteiger charge is 2.76. The van der Waals surface area contributed by atoms with Crippen LogP contribution in [-0.2, 0) is 14.4 Å². The lowest BCUT2D eigenvalue weighted by atomic mass is 9.70. The van der Waals surface area contributed by atoms with E-state index in [1.807, 2.05) is 55.5 Å². The van der Waals surface area contributed by atoms with E-state index in [-0.39, 0.29) is 47.5 Å². The van der Waals surface area contributed by atoms with Crippen molar-refractivity contribution in [2.45, 2.75) is 59.9 Å². The number of ether oxygens (including phenoxy) is 2. The summed E-state index contributed by atoms with van der Waals surface area (Å²) < 4.78 is 10.2. The van der Waals surface area contributed by atoms with Gasteiger partial charge in [-0.15, -0.1) is 24.9 Å². The predicted octanol–water partition coefficient (Wildman–Crippen LogP) is 5.85. The summed E-state index contributed by atoms with van der Waals surface area (Å²) in [5.41, 5.74) is 1.39. The van der Waals surface area contributed by atoms with Crippen LogP contribution in [-0.4, -0.2) is 88.6 Å². The smallest absolute Gasteiger partial charge is 0.251 e. The molecule has 1 N–H and O–H groups in total. The highest BCUT2D eigenvalue weighted by atomic mass is 79.9. The van der Waals surface area contributed by atoms with E-state index in [4.69, 9.17) is 9.47 Å². The maximum absolute atomic E-state index is 14.9. The first-order chi connectivity index (χ1) is 23.3. The molecule has 258 valence electrons. The van der Waals surface area contributed by atoms with Gasteiger partial charge in [-0.05, 0) is 74.7 Å². The van der Waals surface area contributed by atoms with Crippen molar-refractivity contribution >= 4 is 56.8 Å². The van der Waals surface area contributed by atoms with E-state index >= 15 is 0 Å². The Bertz CT molecular complexity index is 1470. The highest BCUT2D eigenvalue weighted by molar-refractivity contribution is 9.09. The highest BCUT2D eigenvalue weighted by Crippen LogP contribution is 2.68.